The number of methoxy groups -OCH3 is 1. The molecule has 0 aliphatic rings. The molecular weight excluding hydrogens is 298 g/mol. The van der Waals surface area contributed by atoms with Crippen molar-refractivity contribution < 1.29 is 4.74 Å². The molecule has 0 fully saturated rings. The van der Waals surface area contributed by atoms with Crippen molar-refractivity contribution in [2.24, 2.45) is 0 Å². The maximum absolute atomic E-state index is 5.16. The molecule has 3 aromatic rings. The minimum Gasteiger partial charge on any atom is -0.497 e. The maximum atomic E-state index is 5.16. The van der Waals surface area contributed by atoms with E-state index in [2.05, 4.69) is 45.5 Å². The van der Waals surface area contributed by atoms with Gasteiger partial charge >= 0.3 is 0 Å². The largest absolute Gasteiger partial charge is 0.497 e. The van der Waals surface area contributed by atoms with Crippen molar-refractivity contribution in [3.8, 4) is 16.9 Å². The van der Waals surface area contributed by atoms with Crippen LogP contribution in [0, 0.1) is 0 Å². The van der Waals surface area contributed by atoms with Crippen LogP contribution in [0.15, 0.2) is 66.9 Å². The Balaban J connectivity index is 1.72. The van der Waals surface area contributed by atoms with Gasteiger partial charge in [0, 0.05) is 37.2 Å². The van der Waals surface area contributed by atoms with Gasteiger partial charge in [-0.25, -0.2) is 4.98 Å². The molecule has 2 aromatic carbocycles. The number of aromatic nitrogens is 1. The molecule has 0 bridgehead atoms. The fraction of sp³-hybridized carbons (Fsp3) is 0.150. The van der Waals surface area contributed by atoms with Crippen LogP contribution in [0.2, 0.25) is 0 Å². The van der Waals surface area contributed by atoms with Crippen molar-refractivity contribution in [1.82, 2.24) is 4.98 Å². The third-order valence-electron chi connectivity index (χ3n) is 3.84. The summed E-state index contributed by atoms with van der Waals surface area (Å²) in [6, 6.07) is 20.3. The third kappa shape index (κ3) is 3.66. The number of rotatable bonds is 5. The Kier molecular flexibility index (Phi) is 4.66. The predicted octanol–water partition coefficient (Wildman–Crippen LogP) is 4.57. The molecule has 1 aromatic heterocycles. The fourth-order valence-corrected chi connectivity index (χ4v) is 2.41. The topological polar surface area (TPSA) is 37.4 Å². The zero-order valence-corrected chi connectivity index (χ0v) is 14.2. The zero-order valence-electron chi connectivity index (χ0n) is 14.2. The Morgan fingerprint density at radius 3 is 2.04 bits per heavy atom. The predicted molar refractivity (Wildman–Crippen MR) is 100 cm³/mol. The van der Waals surface area contributed by atoms with Crippen molar-refractivity contribution in [3.63, 3.8) is 0 Å². The molecular formula is C20H21N3O. The third-order valence-corrected chi connectivity index (χ3v) is 3.84. The molecule has 0 atom stereocenters. The van der Waals surface area contributed by atoms with Crippen molar-refractivity contribution >= 4 is 17.2 Å². The summed E-state index contributed by atoms with van der Waals surface area (Å²) in [4.78, 5) is 6.58. The number of nitrogens with zero attached hydrogens (tertiary/aromatic N) is 2. The van der Waals surface area contributed by atoms with E-state index in [0.717, 1.165) is 28.4 Å². The summed E-state index contributed by atoms with van der Waals surface area (Å²) in [5, 5.41) is 3.28. The van der Waals surface area contributed by atoms with Gasteiger partial charge in [0.1, 0.15) is 11.6 Å². The smallest absolute Gasteiger partial charge is 0.130 e. The molecule has 0 radical (unpaired) electrons. The molecule has 1 N–H and O–H groups in total. The highest BCUT2D eigenvalue weighted by Gasteiger charge is 2.02. The molecule has 0 saturated heterocycles. The van der Waals surface area contributed by atoms with Gasteiger partial charge in [0.25, 0.3) is 0 Å². The summed E-state index contributed by atoms with van der Waals surface area (Å²) in [6.45, 7) is 0. The van der Waals surface area contributed by atoms with Crippen molar-refractivity contribution in [2.45, 2.75) is 0 Å². The molecule has 0 aliphatic heterocycles. The average molecular weight is 319 g/mol. The quantitative estimate of drug-likeness (QED) is 0.747. The Bertz CT molecular complexity index is 779. The standard InChI is InChI=1S/C20H21N3O/c1-23(2)18-9-4-15(5-10-18)16-6-13-20(21-14-16)22-17-7-11-19(24-3)12-8-17/h4-14H,1-3H3,(H,21,22). The first-order valence-corrected chi connectivity index (χ1v) is 7.80. The zero-order chi connectivity index (χ0) is 16.9. The first kappa shape index (κ1) is 15.9. The van der Waals surface area contributed by atoms with E-state index >= 15 is 0 Å². The lowest BCUT2D eigenvalue weighted by atomic mass is 10.1. The number of hydrogen-bond acceptors (Lipinski definition) is 4. The van der Waals surface area contributed by atoms with Crippen LogP contribution in [0.5, 0.6) is 5.75 Å². The molecule has 0 saturated carbocycles. The van der Waals surface area contributed by atoms with Crippen LogP contribution >= 0.6 is 0 Å². The molecule has 0 amide bonds. The second-order valence-electron chi connectivity index (χ2n) is 5.73. The number of ether oxygens (including phenoxy) is 1. The van der Waals surface area contributed by atoms with Crippen LogP contribution in [0.1, 0.15) is 0 Å². The molecule has 0 unspecified atom stereocenters. The van der Waals surface area contributed by atoms with Gasteiger partial charge in [0.15, 0.2) is 0 Å². The molecule has 0 aliphatic carbocycles. The lowest BCUT2D eigenvalue weighted by molar-refractivity contribution is 0.415. The van der Waals surface area contributed by atoms with Crippen LogP contribution in [0.25, 0.3) is 11.1 Å². The van der Waals surface area contributed by atoms with Gasteiger partial charge in [-0.05, 0) is 54.1 Å². The average Bonchev–Trinajstić information content (AvgIpc) is 2.63. The van der Waals surface area contributed by atoms with Crippen LogP contribution in [-0.2, 0) is 0 Å². The number of nitrogens with one attached hydrogen (secondary N) is 1. The Morgan fingerprint density at radius 2 is 1.50 bits per heavy atom. The van der Waals surface area contributed by atoms with E-state index in [1.54, 1.807) is 7.11 Å². The van der Waals surface area contributed by atoms with Crippen molar-refractivity contribution in [3.05, 3.63) is 66.9 Å². The van der Waals surface area contributed by atoms with Crippen LogP contribution in [-0.4, -0.2) is 26.2 Å². The van der Waals surface area contributed by atoms with Gasteiger partial charge < -0.3 is 15.0 Å². The highest BCUT2D eigenvalue weighted by atomic mass is 16.5. The SMILES string of the molecule is COc1ccc(Nc2ccc(-c3ccc(N(C)C)cc3)cn2)cc1. The minimum absolute atomic E-state index is 0.814. The minimum atomic E-state index is 0.814. The van der Waals surface area contributed by atoms with E-state index in [1.807, 2.05) is 50.6 Å². The fourth-order valence-electron chi connectivity index (χ4n) is 2.41. The summed E-state index contributed by atoms with van der Waals surface area (Å²) in [6.07, 6.45) is 1.89. The number of pyridine rings is 1. The lowest BCUT2D eigenvalue weighted by Gasteiger charge is -2.13. The highest BCUT2D eigenvalue weighted by Crippen LogP contribution is 2.24. The first-order valence-electron chi connectivity index (χ1n) is 7.80. The number of benzene rings is 2. The van der Waals surface area contributed by atoms with Gasteiger partial charge in [-0.15, -0.1) is 0 Å². The van der Waals surface area contributed by atoms with Gasteiger partial charge in [0.05, 0.1) is 7.11 Å². The van der Waals surface area contributed by atoms with E-state index in [4.69, 9.17) is 4.74 Å². The normalized spacial score (nSPS) is 10.3. The van der Waals surface area contributed by atoms with Crippen molar-refractivity contribution in [1.29, 1.82) is 0 Å². The Hall–Kier alpha value is -3.01. The number of hydrogen-bond donors (Lipinski definition) is 1. The molecule has 24 heavy (non-hydrogen) atoms. The van der Waals surface area contributed by atoms with E-state index in [0.29, 0.717) is 0 Å². The number of anilines is 3. The monoisotopic (exact) mass is 319 g/mol. The molecule has 0 spiro atoms. The van der Waals surface area contributed by atoms with Gasteiger partial charge in [0.2, 0.25) is 0 Å². The Morgan fingerprint density at radius 1 is 0.833 bits per heavy atom. The van der Waals surface area contributed by atoms with E-state index < -0.39 is 0 Å². The van der Waals surface area contributed by atoms with Gasteiger partial charge in [-0.1, -0.05) is 12.1 Å². The van der Waals surface area contributed by atoms with Crippen LogP contribution in [0.3, 0.4) is 0 Å². The highest BCUT2D eigenvalue weighted by molar-refractivity contribution is 5.67. The maximum Gasteiger partial charge on any atom is 0.130 e. The summed E-state index contributed by atoms with van der Waals surface area (Å²) < 4.78 is 5.16. The molecule has 1 heterocycles. The summed E-state index contributed by atoms with van der Waals surface area (Å²) in [5.41, 5.74) is 4.42. The van der Waals surface area contributed by atoms with Gasteiger partial charge in [-0.3, -0.25) is 0 Å². The second kappa shape index (κ2) is 7.04. The molecule has 122 valence electrons. The summed E-state index contributed by atoms with van der Waals surface area (Å²) in [5.74, 6) is 1.65. The van der Waals surface area contributed by atoms with E-state index in [1.165, 1.54) is 5.69 Å². The molecule has 3 rings (SSSR count). The van der Waals surface area contributed by atoms with Crippen LogP contribution in [0.4, 0.5) is 17.2 Å². The molecule has 4 heteroatoms. The van der Waals surface area contributed by atoms with Crippen LogP contribution < -0.4 is 15.0 Å². The van der Waals surface area contributed by atoms with Crippen molar-refractivity contribution in [2.75, 3.05) is 31.4 Å². The van der Waals surface area contributed by atoms with E-state index in [-0.39, 0.29) is 0 Å². The second-order valence-corrected chi connectivity index (χ2v) is 5.73. The lowest BCUT2D eigenvalue weighted by Crippen LogP contribution is -2.07. The summed E-state index contributed by atoms with van der Waals surface area (Å²) in [7, 11) is 5.74. The van der Waals surface area contributed by atoms with E-state index in [9.17, 15) is 0 Å². The Labute approximate surface area is 142 Å². The molecule has 4 nitrogen and oxygen atoms in total. The summed E-state index contributed by atoms with van der Waals surface area (Å²) >= 11 is 0. The first-order chi connectivity index (χ1) is 11.7. The van der Waals surface area contributed by atoms with Gasteiger partial charge in [-0.2, -0.15) is 0 Å².